The summed E-state index contributed by atoms with van der Waals surface area (Å²) in [5.41, 5.74) is 1.04. The van der Waals surface area contributed by atoms with E-state index in [2.05, 4.69) is 31.1 Å². The third-order valence-corrected chi connectivity index (χ3v) is 4.28. The lowest BCUT2D eigenvalue weighted by atomic mass is 10.3. The zero-order chi connectivity index (χ0) is 17.5. The van der Waals surface area contributed by atoms with Crippen LogP contribution in [0.1, 0.15) is 6.42 Å². The average Bonchev–Trinajstić information content (AvgIpc) is 2.63. The smallest absolute Gasteiger partial charge is 0.228 e. The molecule has 0 saturated carbocycles. The number of carbonyl (C=O) groups is 1. The highest BCUT2D eigenvalue weighted by atomic mass is 79.9. The Bertz CT molecular complexity index is 703. The van der Waals surface area contributed by atoms with Crippen molar-refractivity contribution in [3.8, 4) is 5.75 Å². The van der Waals surface area contributed by atoms with Crippen LogP contribution in [0.3, 0.4) is 0 Å². The van der Waals surface area contributed by atoms with Crippen LogP contribution in [0.15, 0.2) is 47.1 Å². The molecule has 0 unspecified atom stereocenters. The fraction of sp³-hybridized carbons (Fsp3) is 0.333. The first-order valence-electron chi connectivity index (χ1n) is 8.18. The molecule has 3 rings (SSSR count). The minimum Gasteiger partial charge on any atom is -0.493 e. The molecule has 1 N–H and O–H groups in total. The van der Waals surface area contributed by atoms with Gasteiger partial charge in [-0.1, -0.05) is 22.0 Å². The summed E-state index contributed by atoms with van der Waals surface area (Å²) >= 11 is 3.38. The Hall–Kier alpha value is -2.12. The van der Waals surface area contributed by atoms with E-state index < -0.39 is 0 Å². The van der Waals surface area contributed by atoms with Crippen LogP contribution in [-0.2, 0) is 9.53 Å². The predicted octanol–water partition coefficient (Wildman–Crippen LogP) is 3.09. The predicted molar refractivity (Wildman–Crippen MR) is 100 cm³/mol. The van der Waals surface area contributed by atoms with Gasteiger partial charge in [-0.05, 0) is 30.3 Å². The monoisotopic (exact) mass is 405 g/mol. The lowest BCUT2D eigenvalue weighted by Gasteiger charge is -2.28. The number of morpholine rings is 1. The number of benzene rings is 1. The van der Waals surface area contributed by atoms with Crippen molar-refractivity contribution in [1.29, 1.82) is 0 Å². The fourth-order valence-electron chi connectivity index (χ4n) is 2.49. The van der Waals surface area contributed by atoms with Gasteiger partial charge in [-0.3, -0.25) is 4.79 Å². The Morgan fingerprint density at radius 2 is 2.12 bits per heavy atom. The minimum absolute atomic E-state index is 0.124. The van der Waals surface area contributed by atoms with Crippen LogP contribution >= 0.6 is 15.9 Å². The van der Waals surface area contributed by atoms with Gasteiger partial charge in [0.25, 0.3) is 0 Å². The number of hydrogen-bond acceptors (Lipinski definition) is 5. The molecule has 0 bridgehead atoms. The van der Waals surface area contributed by atoms with Crippen molar-refractivity contribution in [2.45, 2.75) is 6.42 Å². The van der Waals surface area contributed by atoms with Gasteiger partial charge >= 0.3 is 0 Å². The Balaban J connectivity index is 1.44. The average molecular weight is 406 g/mol. The van der Waals surface area contributed by atoms with Crippen molar-refractivity contribution < 1.29 is 14.3 Å². The lowest BCUT2D eigenvalue weighted by molar-refractivity contribution is -0.116. The first-order valence-corrected chi connectivity index (χ1v) is 8.97. The number of nitrogens with one attached hydrogen (secondary N) is 1. The molecule has 1 fully saturated rings. The molecule has 1 aromatic carbocycles. The normalized spacial score (nSPS) is 14.2. The van der Waals surface area contributed by atoms with Gasteiger partial charge in [0.15, 0.2) is 0 Å². The fourth-order valence-corrected chi connectivity index (χ4v) is 2.87. The van der Waals surface area contributed by atoms with E-state index in [9.17, 15) is 4.79 Å². The molecule has 2 heterocycles. The topological polar surface area (TPSA) is 63.7 Å². The third-order valence-electron chi connectivity index (χ3n) is 3.79. The Kier molecular flexibility index (Phi) is 6.25. The van der Waals surface area contributed by atoms with Crippen LogP contribution < -0.4 is 15.0 Å². The SMILES string of the molecule is O=C(CCOc1cccc(Br)c1)Nc1ccc(N2CCOCC2)cn1. The molecule has 132 valence electrons. The molecule has 1 saturated heterocycles. The maximum Gasteiger partial charge on any atom is 0.228 e. The van der Waals surface area contributed by atoms with Crippen LogP contribution in [0.5, 0.6) is 5.75 Å². The van der Waals surface area contributed by atoms with Gasteiger partial charge in [-0.25, -0.2) is 4.98 Å². The van der Waals surface area contributed by atoms with Crippen molar-refractivity contribution in [2.75, 3.05) is 43.1 Å². The van der Waals surface area contributed by atoms with Gasteiger partial charge in [-0.15, -0.1) is 0 Å². The van der Waals surface area contributed by atoms with E-state index in [4.69, 9.17) is 9.47 Å². The summed E-state index contributed by atoms with van der Waals surface area (Å²) < 4.78 is 11.8. The summed E-state index contributed by atoms with van der Waals surface area (Å²) in [5, 5.41) is 2.79. The van der Waals surface area contributed by atoms with E-state index in [0.717, 1.165) is 42.2 Å². The molecule has 0 atom stereocenters. The van der Waals surface area contributed by atoms with Crippen LogP contribution in [0, 0.1) is 0 Å². The summed E-state index contributed by atoms with van der Waals surface area (Å²) in [6.45, 7) is 3.50. The molecule has 1 aliphatic heterocycles. The summed E-state index contributed by atoms with van der Waals surface area (Å²) in [5.74, 6) is 1.15. The van der Waals surface area contributed by atoms with Gasteiger partial charge < -0.3 is 19.7 Å². The molecule has 1 aromatic heterocycles. The molecule has 0 aliphatic carbocycles. The zero-order valence-electron chi connectivity index (χ0n) is 13.8. The number of rotatable bonds is 6. The van der Waals surface area contributed by atoms with Gasteiger partial charge in [0, 0.05) is 17.6 Å². The second kappa shape index (κ2) is 8.82. The van der Waals surface area contributed by atoms with Crippen molar-refractivity contribution in [1.82, 2.24) is 4.98 Å². The van der Waals surface area contributed by atoms with E-state index in [1.54, 1.807) is 6.20 Å². The maximum absolute atomic E-state index is 12.0. The highest BCUT2D eigenvalue weighted by Gasteiger charge is 2.11. The van der Waals surface area contributed by atoms with Gasteiger partial charge in [0.1, 0.15) is 11.6 Å². The molecule has 25 heavy (non-hydrogen) atoms. The van der Waals surface area contributed by atoms with Crippen molar-refractivity contribution in [3.63, 3.8) is 0 Å². The molecule has 0 radical (unpaired) electrons. The highest BCUT2D eigenvalue weighted by molar-refractivity contribution is 9.10. The summed E-state index contributed by atoms with van der Waals surface area (Å²) in [4.78, 5) is 18.5. The molecule has 2 aromatic rings. The highest BCUT2D eigenvalue weighted by Crippen LogP contribution is 2.18. The molecule has 6 nitrogen and oxygen atoms in total. The van der Waals surface area contributed by atoms with Gasteiger partial charge in [0.2, 0.25) is 5.91 Å². The number of pyridine rings is 1. The van der Waals surface area contributed by atoms with Crippen molar-refractivity contribution >= 4 is 33.3 Å². The summed E-state index contributed by atoms with van der Waals surface area (Å²) in [6, 6.07) is 11.3. The number of aromatic nitrogens is 1. The summed E-state index contributed by atoms with van der Waals surface area (Å²) in [6.07, 6.45) is 2.04. The Morgan fingerprint density at radius 3 is 2.84 bits per heavy atom. The number of hydrogen-bond donors (Lipinski definition) is 1. The van der Waals surface area contributed by atoms with Crippen LogP contribution in [0.2, 0.25) is 0 Å². The van der Waals surface area contributed by atoms with Gasteiger partial charge in [-0.2, -0.15) is 0 Å². The van der Waals surface area contributed by atoms with Crippen LogP contribution in [-0.4, -0.2) is 43.8 Å². The molecule has 1 amide bonds. The second-order valence-corrected chi connectivity index (χ2v) is 6.52. The number of amides is 1. The number of ether oxygens (including phenoxy) is 2. The van der Waals surface area contributed by atoms with Gasteiger partial charge in [0.05, 0.1) is 38.1 Å². The van der Waals surface area contributed by atoms with E-state index in [-0.39, 0.29) is 12.3 Å². The molecule has 0 spiro atoms. The van der Waals surface area contributed by atoms with Crippen molar-refractivity contribution in [2.24, 2.45) is 0 Å². The molecule has 7 heteroatoms. The number of anilines is 2. The third kappa shape index (κ3) is 5.44. The maximum atomic E-state index is 12.0. The zero-order valence-corrected chi connectivity index (χ0v) is 15.4. The Labute approximate surface area is 155 Å². The number of nitrogens with zero attached hydrogens (tertiary/aromatic N) is 2. The largest absolute Gasteiger partial charge is 0.493 e. The van der Waals surface area contributed by atoms with E-state index >= 15 is 0 Å². The van der Waals surface area contributed by atoms with Crippen molar-refractivity contribution in [3.05, 3.63) is 47.1 Å². The van der Waals surface area contributed by atoms with E-state index in [0.29, 0.717) is 12.4 Å². The number of halogens is 1. The van der Waals surface area contributed by atoms with E-state index in [1.165, 1.54) is 0 Å². The lowest BCUT2D eigenvalue weighted by Crippen LogP contribution is -2.36. The first-order chi connectivity index (χ1) is 12.2. The Morgan fingerprint density at radius 1 is 1.28 bits per heavy atom. The first kappa shape index (κ1) is 17.7. The summed E-state index contributed by atoms with van der Waals surface area (Å²) in [7, 11) is 0. The molecular weight excluding hydrogens is 386 g/mol. The number of carbonyl (C=O) groups excluding carboxylic acids is 1. The standard InChI is InChI=1S/C18H20BrN3O3/c19-14-2-1-3-16(12-14)25-9-6-18(23)21-17-5-4-15(13-20-17)22-7-10-24-11-8-22/h1-5,12-13H,6-11H2,(H,20,21,23). The minimum atomic E-state index is -0.124. The van der Waals surface area contributed by atoms with Crippen LogP contribution in [0.4, 0.5) is 11.5 Å². The van der Waals surface area contributed by atoms with E-state index in [1.807, 2.05) is 36.4 Å². The second-order valence-electron chi connectivity index (χ2n) is 5.61. The molecule has 1 aliphatic rings. The van der Waals surface area contributed by atoms with Crippen LogP contribution in [0.25, 0.3) is 0 Å². The molecular formula is C18H20BrN3O3. The quantitative estimate of drug-likeness (QED) is 0.799.